The van der Waals surface area contributed by atoms with Crippen molar-refractivity contribution in [2.24, 2.45) is 40.6 Å². The molecule has 7 heteroatoms. The number of hydrogen-bond acceptors (Lipinski definition) is 5. The van der Waals surface area contributed by atoms with E-state index in [1.807, 2.05) is 49.4 Å². The summed E-state index contributed by atoms with van der Waals surface area (Å²) in [6, 6.07) is 13.6. The van der Waals surface area contributed by atoms with E-state index in [1.54, 1.807) is 6.21 Å². The Hall–Kier alpha value is -2.93. The van der Waals surface area contributed by atoms with Crippen LogP contribution >= 0.6 is 15.9 Å². The van der Waals surface area contributed by atoms with Crippen molar-refractivity contribution in [2.75, 3.05) is 6.61 Å². The van der Waals surface area contributed by atoms with Crippen LogP contribution in [0.1, 0.15) is 24.5 Å². The molecule has 3 fully saturated rings. The van der Waals surface area contributed by atoms with Crippen LogP contribution in [-0.2, 0) is 16.2 Å². The average molecular weight is 521 g/mol. The topological polar surface area (TPSA) is 68.2 Å². The second-order valence-corrected chi connectivity index (χ2v) is 10.3. The molecule has 1 saturated heterocycles. The molecular weight excluding hydrogens is 496 g/mol. The van der Waals surface area contributed by atoms with Crippen LogP contribution in [0.2, 0.25) is 0 Å². The molecular formula is C27H25BrN2O4. The first-order valence-electron chi connectivity index (χ1n) is 11.8. The quantitative estimate of drug-likeness (QED) is 0.298. The molecule has 1 heterocycles. The number of hydrogen-bond donors (Lipinski definition) is 0. The number of ether oxygens (including phenoxy) is 2. The molecule has 6 atom stereocenters. The SMILES string of the molecule is CCOc1cc(C=NN2C(=O)[C@@H]3[C@H]4C=C[C@@H]([C@@H]5C[C@@H]45)[C@@H]3C2=O)cc(Br)c1OCc1ccccc1. The minimum atomic E-state index is -0.247. The fraction of sp³-hybridized carbons (Fsp3) is 0.370. The number of benzene rings is 2. The van der Waals surface area contributed by atoms with Crippen LogP contribution in [0.3, 0.4) is 0 Å². The highest BCUT2D eigenvalue weighted by Crippen LogP contribution is 2.65. The molecule has 2 aromatic rings. The predicted molar refractivity (Wildman–Crippen MR) is 130 cm³/mol. The zero-order valence-electron chi connectivity index (χ0n) is 18.8. The average Bonchev–Trinajstić information content (AvgIpc) is 3.62. The van der Waals surface area contributed by atoms with Crippen molar-refractivity contribution in [3.05, 3.63) is 70.2 Å². The number of imide groups is 1. The third-order valence-corrected chi connectivity index (χ3v) is 8.11. The molecule has 4 aliphatic carbocycles. The number of carbonyl (C=O) groups is 2. The van der Waals surface area contributed by atoms with Crippen LogP contribution in [0.4, 0.5) is 0 Å². The Morgan fingerprint density at radius 2 is 1.71 bits per heavy atom. The van der Waals surface area contributed by atoms with Gasteiger partial charge < -0.3 is 9.47 Å². The van der Waals surface area contributed by atoms with Gasteiger partial charge in [0, 0.05) is 0 Å². The van der Waals surface area contributed by atoms with E-state index in [4.69, 9.17) is 9.47 Å². The summed E-state index contributed by atoms with van der Waals surface area (Å²) in [4.78, 5) is 26.3. The summed E-state index contributed by atoms with van der Waals surface area (Å²) in [7, 11) is 0. The van der Waals surface area contributed by atoms with E-state index in [1.165, 1.54) is 0 Å². The summed E-state index contributed by atoms with van der Waals surface area (Å²) in [5, 5.41) is 5.44. The first-order valence-corrected chi connectivity index (χ1v) is 12.6. The first-order chi connectivity index (χ1) is 16.6. The van der Waals surface area contributed by atoms with E-state index >= 15 is 0 Å². The van der Waals surface area contributed by atoms with Gasteiger partial charge in [0.15, 0.2) is 11.5 Å². The lowest BCUT2D eigenvalue weighted by Crippen LogP contribution is -2.40. The predicted octanol–water partition coefficient (Wildman–Crippen LogP) is 4.81. The molecule has 2 bridgehead atoms. The number of nitrogens with zero attached hydrogens (tertiary/aromatic N) is 2. The Kier molecular flexibility index (Phi) is 5.32. The minimum Gasteiger partial charge on any atom is -0.490 e. The van der Waals surface area contributed by atoms with Gasteiger partial charge in [-0.15, -0.1) is 0 Å². The Labute approximate surface area is 206 Å². The highest BCUT2D eigenvalue weighted by atomic mass is 79.9. The second-order valence-electron chi connectivity index (χ2n) is 9.42. The monoisotopic (exact) mass is 520 g/mol. The molecule has 0 spiro atoms. The highest BCUT2D eigenvalue weighted by Gasteiger charge is 2.67. The van der Waals surface area contributed by atoms with Crippen molar-refractivity contribution < 1.29 is 19.1 Å². The maximum Gasteiger partial charge on any atom is 0.254 e. The van der Waals surface area contributed by atoms with Crippen LogP contribution in [0.5, 0.6) is 11.5 Å². The van der Waals surface area contributed by atoms with Crippen LogP contribution in [-0.4, -0.2) is 29.6 Å². The zero-order valence-corrected chi connectivity index (χ0v) is 20.4. The number of amides is 2. The second kappa shape index (κ2) is 8.38. The van der Waals surface area contributed by atoms with Crippen LogP contribution in [0.25, 0.3) is 0 Å². The van der Waals surface area contributed by atoms with Gasteiger partial charge in [-0.1, -0.05) is 42.5 Å². The van der Waals surface area contributed by atoms with E-state index in [9.17, 15) is 9.59 Å². The summed E-state index contributed by atoms with van der Waals surface area (Å²) in [6.07, 6.45) is 7.03. The van der Waals surface area contributed by atoms with Crippen LogP contribution < -0.4 is 9.47 Å². The summed E-state index contributed by atoms with van der Waals surface area (Å²) < 4.78 is 12.6. The lowest BCUT2D eigenvalue weighted by molar-refractivity contribution is -0.140. The fourth-order valence-corrected chi connectivity index (χ4v) is 6.55. The zero-order chi connectivity index (χ0) is 23.4. The van der Waals surface area contributed by atoms with Gasteiger partial charge in [0.1, 0.15) is 6.61 Å². The lowest BCUT2D eigenvalue weighted by atomic mass is 9.63. The molecule has 2 amide bonds. The van der Waals surface area contributed by atoms with Gasteiger partial charge in [-0.25, -0.2) is 0 Å². The largest absolute Gasteiger partial charge is 0.490 e. The summed E-state index contributed by atoms with van der Waals surface area (Å²) >= 11 is 3.58. The van der Waals surface area contributed by atoms with E-state index in [-0.39, 0.29) is 35.5 Å². The molecule has 2 aromatic carbocycles. The summed E-state index contributed by atoms with van der Waals surface area (Å²) in [5.74, 6) is 1.88. The van der Waals surface area contributed by atoms with E-state index < -0.39 is 0 Å². The molecule has 0 aromatic heterocycles. The Balaban J connectivity index is 1.22. The van der Waals surface area contributed by atoms with Gasteiger partial charge in [0.2, 0.25) is 0 Å². The molecule has 1 aliphatic heterocycles. The van der Waals surface area contributed by atoms with E-state index in [2.05, 4.69) is 33.2 Å². The Bertz CT molecular complexity index is 1170. The standard InChI is InChI=1S/C27H25BrN2O4/c1-2-33-22-11-16(10-21(28)25(22)34-14-15-6-4-3-5-7-15)13-29-30-26(31)23-17-8-9-18(20-12-19(17)20)24(23)27(30)32/h3-11,13,17-20,23-24H,2,12,14H2,1H3/t17-,18-,19-,20-,23-,24+/m0/s1. The van der Waals surface area contributed by atoms with Crippen molar-refractivity contribution >= 4 is 34.0 Å². The van der Waals surface area contributed by atoms with Crippen molar-refractivity contribution in [2.45, 2.75) is 20.0 Å². The Morgan fingerprint density at radius 1 is 1.03 bits per heavy atom. The van der Waals surface area contributed by atoms with Gasteiger partial charge in [0.25, 0.3) is 11.8 Å². The molecule has 34 heavy (non-hydrogen) atoms. The third kappa shape index (κ3) is 3.49. The van der Waals surface area contributed by atoms with Crippen molar-refractivity contribution in [1.82, 2.24) is 5.01 Å². The van der Waals surface area contributed by atoms with E-state index in [0.717, 1.165) is 17.0 Å². The number of allylic oxidation sites excluding steroid dienone is 2. The van der Waals surface area contributed by atoms with Crippen molar-refractivity contribution in [1.29, 1.82) is 0 Å². The maximum atomic E-state index is 13.1. The number of halogens is 1. The van der Waals surface area contributed by atoms with Crippen LogP contribution in [0.15, 0.2) is 64.2 Å². The van der Waals surface area contributed by atoms with E-state index in [0.29, 0.717) is 46.6 Å². The Morgan fingerprint density at radius 3 is 2.35 bits per heavy atom. The van der Waals surface area contributed by atoms with Crippen molar-refractivity contribution in [3.63, 3.8) is 0 Å². The van der Waals surface area contributed by atoms with Gasteiger partial charge in [0.05, 0.1) is 29.1 Å². The molecule has 0 N–H and O–H groups in total. The van der Waals surface area contributed by atoms with Crippen LogP contribution in [0, 0.1) is 35.5 Å². The first kappa shape index (κ1) is 21.6. The molecule has 7 rings (SSSR count). The number of hydrazone groups is 1. The molecule has 2 saturated carbocycles. The minimum absolute atomic E-state index is 0.164. The van der Waals surface area contributed by atoms with Gasteiger partial charge in [-0.3, -0.25) is 9.59 Å². The van der Waals surface area contributed by atoms with Crippen molar-refractivity contribution in [3.8, 4) is 11.5 Å². The molecule has 6 nitrogen and oxygen atoms in total. The smallest absolute Gasteiger partial charge is 0.254 e. The van der Waals surface area contributed by atoms with Gasteiger partial charge >= 0.3 is 0 Å². The molecule has 5 aliphatic rings. The highest BCUT2D eigenvalue weighted by molar-refractivity contribution is 9.10. The molecule has 174 valence electrons. The third-order valence-electron chi connectivity index (χ3n) is 7.52. The normalized spacial score (nSPS) is 30.6. The maximum absolute atomic E-state index is 13.1. The van der Waals surface area contributed by atoms with Gasteiger partial charge in [-0.2, -0.15) is 10.1 Å². The lowest BCUT2D eigenvalue weighted by Gasteiger charge is -2.37. The summed E-state index contributed by atoms with van der Waals surface area (Å²) in [5.41, 5.74) is 1.76. The van der Waals surface area contributed by atoms with Gasteiger partial charge in [-0.05, 0) is 76.2 Å². The summed E-state index contributed by atoms with van der Waals surface area (Å²) in [6.45, 7) is 2.79. The molecule has 0 unspecified atom stereocenters. The number of rotatable bonds is 7. The fourth-order valence-electron chi connectivity index (χ4n) is 5.97. The molecule has 0 radical (unpaired) electrons. The number of carbonyl (C=O) groups excluding carboxylic acids is 2.